The van der Waals surface area contributed by atoms with Crippen molar-refractivity contribution in [3.63, 3.8) is 0 Å². The molecule has 0 unspecified atom stereocenters. The first kappa shape index (κ1) is 13.7. The molecule has 0 bridgehead atoms. The van der Waals surface area contributed by atoms with Crippen molar-refractivity contribution in [2.45, 2.75) is 6.92 Å². The number of benzene rings is 1. The minimum absolute atomic E-state index is 0.0915. The molecule has 7 heteroatoms. The van der Waals surface area contributed by atoms with Gasteiger partial charge in [0.15, 0.2) is 0 Å². The monoisotopic (exact) mass is 327 g/mol. The fourth-order valence-corrected chi connectivity index (χ4v) is 2.18. The van der Waals surface area contributed by atoms with Crippen molar-refractivity contribution in [3.05, 3.63) is 34.2 Å². The van der Waals surface area contributed by atoms with Gasteiger partial charge in [-0.15, -0.1) is 0 Å². The first-order valence-corrected chi connectivity index (χ1v) is 6.29. The normalized spacial score (nSPS) is 10.5. The number of nitrogen functional groups attached to an aromatic ring is 1. The van der Waals surface area contributed by atoms with Crippen LogP contribution in [-0.2, 0) is 4.74 Å². The van der Waals surface area contributed by atoms with E-state index in [2.05, 4.69) is 26.3 Å². The summed E-state index contributed by atoms with van der Waals surface area (Å²) in [6.07, 6.45) is 1.31. The molecule has 0 fully saturated rings. The van der Waals surface area contributed by atoms with Gasteiger partial charge in [0.2, 0.25) is 0 Å². The Morgan fingerprint density at radius 2 is 2.32 bits per heavy atom. The molecule has 0 amide bonds. The molecule has 0 aliphatic carbocycles. The topological polar surface area (TPSA) is 77.2 Å². The summed E-state index contributed by atoms with van der Waals surface area (Å²) in [4.78, 5) is 15.8. The second-order valence-electron chi connectivity index (χ2n) is 3.66. The van der Waals surface area contributed by atoms with Gasteiger partial charge in [0.1, 0.15) is 11.4 Å². The number of nitrogens with zero attached hydrogens (tertiary/aromatic N) is 1. The maximum Gasteiger partial charge on any atom is 0.341 e. The van der Waals surface area contributed by atoms with Crippen LogP contribution in [0.15, 0.2) is 22.8 Å². The van der Waals surface area contributed by atoms with Crippen molar-refractivity contribution in [1.82, 2.24) is 4.98 Å². The number of ether oxygens (including phenoxy) is 1. The molecule has 100 valence electrons. The number of carbonyl (C=O) groups is 1. The van der Waals surface area contributed by atoms with Gasteiger partial charge in [-0.3, -0.25) is 10.8 Å². The van der Waals surface area contributed by atoms with E-state index in [1.54, 1.807) is 6.92 Å². The summed E-state index contributed by atoms with van der Waals surface area (Å²) in [5, 5.41) is 0.141. The lowest BCUT2D eigenvalue weighted by Crippen LogP contribution is -2.15. The molecular weight excluding hydrogens is 317 g/mol. The van der Waals surface area contributed by atoms with Gasteiger partial charge >= 0.3 is 5.97 Å². The SMILES string of the molecule is CCOC(=O)c1cnc2c(Br)ccc(F)c2c1NN. The largest absolute Gasteiger partial charge is 0.462 e. The van der Waals surface area contributed by atoms with E-state index in [-0.39, 0.29) is 23.2 Å². The summed E-state index contributed by atoms with van der Waals surface area (Å²) < 4.78 is 19.4. The molecule has 2 aromatic rings. The fourth-order valence-electron chi connectivity index (χ4n) is 1.75. The van der Waals surface area contributed by atoms with Crippen LogP contribution in [0.4, 0.5) is 10.1 Å². The van der Waals surface area contributed by atoms with Crippen LogP contribution in [0.3, 0.4) is 0 Å². The van der Waals surface area contributed by atoms with Crippen LogP contribution in [0.2, 0.25) is 0 Å². The van der Waals surface area contributed by atoms with Gasteiger partial charge < -0.3 is 10.2 Å². The molecule has 1 aromatic carbocycles. The van der Waals surface area contributed by atoms with E-state index in [4.69, 9.17) is 10.6 Å². The number of esters is 1. The lowest BCUT2D eigenvalue weighted by atomic mass is 10.1. The van der Waals surface area contributed by atoms with Gasteiger partial charge in [-0.25, -0.2) is 9.18 Å². The number of halogens is 2. The van der Waals surface area contributed by atoms with Gasteiger partial charge in [0, 0.05) is 10.7 Å². The molecule has 3 N–H and O–H groups in total. The summed E-state index contributed by atoms with van der Waals surface area (Å²) in [7, 11) is 0. The molecule has 0 saturated heterocycles. The zero-order valence-corrected chi connectivity index (χ0v) is 11.6. The quantitative estimate of drug-likeness (QED) is 0.514. The first-order valence-electron chi connectivity index (χ1n) is 5.50. The summed E-state index contributed by atoms with van der Waals surface area (Å²) in [5.74, 6) is 4.27. The van der Waals surface area contributed by atoms with Gasteiger partial charge in [-0.05, 0) is 35.0 Å². The maximum absolute atomic E-state index is 13.9. The lowest BCUT2D eigenvalue weighted by molar-refractivity contribution is 0.0527. The smallest absolute Gasteiger partial charge is 0.341 e. The van der Waals surface area contributed by atoms with Crippen LogP contribution < -0.4 is 11.3 Å². The Labute approximate surface area is 117 Å². The Bertz CT molecular complexity index is 648. The van der Waals surface area contributed by atoms with E-state index in [9.17, 15) is 9.18 Å². The third-order valence-electron chi connectivity index (χ3n) is 2.56. The molecular formula is C12H11BrFN3O2. The predicted octanol–water partition coefficient (Wildman–Crippen LogP) is 2.60. The van der Waals surface area contributed by atoms with Gasteiger partial charge in [0.25, 0.3) is 0 Å². The average Bonchev–Trinajstić information content (AvgIpc) is 2.41. The van der Waals surface area contributed by atoms with Crippen LogP contribution in [-0.4, -0.2) is 17.6 Å². The number of aromatic nitrogens is 1. The molecule has 19 heavy (non-hydrogen) atoms. The van der Waals surface area contributed by atoms with Gasteiger partial charge in [-0.2, -0.15) is 0 Å². The van der Waals surface area contributed by atoms with Crippen molar-refractivity contribution in [2.24, 2.45) is 5.84 Å². The average molecular weight is 328 g/mol. The zero-order chi connectivity index (χ0) is 14.0. The Morgan fingerprint density at radius 1 is 1.58 bits per heavy atom. The van der Waals surface area contributed by atoms with Crippen molar-refractivity contribution in [3.8, 4) is 0 Å². The minimum Gasteiger partial charge on any atom is -0.462 e. The number of hydrazine groups is 1. The molecule has 0 spiro atoms. The minimum atomic E-state index is -0.607. The number of pyridine rings is 1. The third-order valence-corrected chi connectivity index (χ3v) is 3.20. The maximum atomic E-state index is 13.9. The van der Waals surface area contributed by atoms with Crippen molar-refractivity contribution in [1.29, 1.82) is 0 Å². The number of carbonyl (C=O) groups excluding carboxylic acids is 1. The molecule has 0 radical (unpaired) electrons. The fraction of sp³-hybridized carbons (Fsp3) is 0.167. The Hall–Kier alpha value is -1.73. The van der Waals surface area contributed by atoms with E-state index in [0.29, 0.717) is 9.99 Å². The standard InChI is InChI=1S/C12H11BrFN3O2/c1-2-19-12(18)6-5-16-11-7(13)3-4-8(14)9(11)10(6)17-15/h3-5H,2,15H2,1H3,(H,16,17). The molecule has 1 heterocycles. The van der Waals surface area contributed by atoms with Crippen LogP contribution in [0.1, 0.15) is 17.3 Å². The highest BCUT2D eigenvalue weighted by Crippen LogP contribution is 2.32. The summed E-state index contributed by atoms with van der Waals surface area (Å²) in [6, 6.07) is 2.80. The van der Waals surface area contributed by atoms with E-state index >= 15 is 0 Å². The summed E-state index contributed by atoms with van der Waals surface area (Å²) in [6.45, 7) is 1.89. The van der Waals surface area contributed by atoms with Crippen molar-refractivity contribution in [2.75, 3.05) is 12.0 Å². The second-order valence-corrected chi connectivity index (χ2v) is 4.52. The number of nitrogens with two attached hydrogens (primary N) is 1. The number of hydrogen-bond donors (Lipinski definition) is 2. The Kier molecular flexibility index (Phi) is 3.96. The highest BCUT2D eigenvalue weighted by Gasteiger charge is 2.19. The second kappa shape index (κ2) is 5.50. The number of rotatable bonds is 3. The van der Waals surface area contributed by atoms with Crippen LogP contribution in [0.25, 0.3) is 10.9 Å². The van der Waals surface area contributed by atoms with E-state index in [0.717, 1.165) is 0 Å². The van der Waals surface area contributed by atoms with Gasteiger partial charge in [-0.1, -0.05) is 0 Å². The van der Waals surface area contributed by atoms with Crippen LogP contribution in [0.5, 0.6) is 0 Å². The van der Waals surface area contributed by atoms with Crippen molar-refractivity contribution < 1.29 is 13.9 Å². The number of hydrogen-bond acceptors (Lipinski definition) is 5. The first-order chi connectivity index (χ1) is 9.10. The van der Waals surface area contributed by atoms with E-state index in [1.807, 2.05) is 0 Å². The van der Waals surface area contributed by atoms with Gasteiger partial charge in [0.05, 0.1) is 23.2 Å². The van der Waals surface area contributed by atoms with E-state index < -0.39 is 11.8 Å². The molecule has 0 aliphatic rings. The van der Waals surface area contributed by atoms with Crippen LogP contribution in [0, 0.1) is 5.82 Å². The van der Waals surface area contributed by atoms with Crippen LogP contribution >= 0.6 is 15.9 Å². The lowest BCUT2D eigenvalue weighted by Gasteiger charge is -2.12. The number of nitrogens with one attached hydrogen (secondary N) is 1. The third kappa shape index (κ3) is 2.39. The molecule has 5 nitrogen and oxygen atoms in total. The highest BCUT2D eigenvalue weighted by atomic mass is 79.9. The molecule has 0 atom stereocenters. The molecule has 0 aliphatic heterocycles. The summed E-state index contributed by atoms with van der Waals surface area (Å²) >= 11 is 3.27. The Balaban J connectivity index is 2.76. The number of fused-ring (bicyclic) bond motifs is 1. The highest BCUT2D eigenvalue weighted by molar-refractivity contribution is 9.10. The number of anilines is 1. The van der Waals surface area contributed by atoms with Crippen molar-refractivity contribution >= 4 is 38.5 Å². The van der Waals surface area contributed by atoms with E-state index in [1.165, 1.54) is 18.3 Å². The zero-order valence-electron chi connectivity index (χ0n) is 10.0. The molecule has 2 rings (SSSR count). The molecule has 0 saturated carbocycles. The predicted molar refractivity (Wildman–Crippen MR) is 73.2 cm³/mol. The Morgan fingerprint density at radius 3 is 2.95 bits per heavy atom. The molecule has 1 aromatic heterocycles. The summed E-state index contributed by atoms with van der Waals surface area (Å²) in [5.41, 5.74) is 2.97.